The summed E-state index contributed by atoms with van der Waals surface area (Å²) in [5.74, 6) is -0.661. The van der Waals surface area contributed by atoms with Crippen LogP contribution in [0.5, 0.6) is 11.8 Å². The van der Waals surface area contributed by atoms with Crippen molar-refractivity contribution >= 4 is 27.9 Å². The summed E-state index contributed by atoms with van der Waals surface area (Å²) in [5, 5.41) is 8.88. The van der Waals surface area contributed by atoms with Gasteiger partial charge in [0.2, 0.25) is 17.7 Å². The van der Waals surface area contributed by atoms with Crippen molar-refractivity contribution in [2.24, 2.45) is 0 Å². The predicted octanol–water partition coefficient (Wildman–Crippen LogP) is 0.631. The van der Waals surface area contributed by atoms with E-state index < -0.39 is 27.0 Å². The van der Waals surface area contributed by atoms with Gasteiger partial charge in [-0.1, -0.05) is 0 Å². The van der Waals surface area contributed by atoms with Crippen molar-refractivity contribution in [2.45, 2.75) is 11.9 Å². The Balaban J connectivity index is 0.00000151. The number of pyridine rings is 1. The lowest BCUT2D eigenvalue weighted by Gasteiger charge is -2.14. The molecule has 31 heavy (non-hydrogen) atoms. The molecule has 0 spiro atoms. The molecule has 0 aliphatic rings. The van der Waals surface area contributed by atoms with E-state index in [4.69, 9.17) is 14.7 Å². The summed E-state index contributed by atoms with van der Waals surface area (Å²) < 4.78 is 36.7. The fourth-order valence-corrected chi connectivity index (χ4v) is 3.01. The zero-order chi connectivity index (χ0) is 23.6. The zero-order valence-electron chi connectivity index (χ0n) is 17.4. The van der Waals surface area contributed by atoms with Crippen molar-refractivity contribution in [3.8, 4) is 17.8 Å². The Morgan fingerprint density at radius 3 is 2.19 bits per heavy atom. The Morgan fingerprint density at radius 1 is 1.16 bits per heavy atom. The normalized spacial score (nSPS) is 9.94. The number of aromatic nitrogens is 3. The van der Waals surface area contributed by atoms with E-state index in [1.807, 2.05) is 0 Å². The number of ether oxygens (including phenoxy) is 2. The summed E-state index contributed by atoms with van der Waals surface area (Å²) in [5.41, 5.74) is -0.188. The summed E-state index contributed by atoms with van der Waals surface area (Å²) in [6, 6.07) is 4.65. The number of sulfonamides is 1. The van der Waals surface area contributed by atoms with Gasteiger partial charge in [0.05, 0.1) is 31.9 Å². The molecule has 0 atom stereocenters. The van der Waals surface area contributed by atoms with Crippen LogP contribution in [0.2, 0.25) is 0 Å². The minimum absolute atomic E-state index is 0.0913. The smallest absolute Gasteiger partial charge is 0.335 e. The predicted molar refractivity (Wildman–Crippen MR) is 108 cm³/mol. The Bertz CT molecular complexity index is 1060. The highest BCUT2D eigenvalue weighted by atomic mass is 32.2. The van der Waals surface area contributed by atoms with Crippen LogP contribution in [0.4, 0.5) is 10.7 Å². The highest BCUT2D eigenvalue weighted by Gasteiger charge is 2.27. The van der Waals surface area contributed by atoms with E-state index in [9.17, 15) is 18.0 Å². The molecule has 0 aliphatic heterocycles. The third-order valence-electron chi connectivity index (χ3n) is 3.21. The van der Waals surface area contributed by atoms with Crippen LogP contribution in [0.15, 0.2) is 29.4 Å². The number of nitriles is 1. The highest BCUT2D eigenvalue weighted by molar-refractivity contribution is 7.90. The van der Waals surface area contributed by atoms with Gasteiger partial charge in [0.15, 0.2) is 5.03 Å². The van der Waals surface area contributed by atoms with Gasteiger partial charge in [-0.3, -0.25) is 10.1 Å². The Kier molecular flexibility index (Phi) is 9.10. The number of rotatable bonds is 6. The Hall–Kier alpha value is -3.99. The van der Waals surface area contributed by atoms with Crippen LogP contribution in [-0.4, -0.2) is 68.5 Å². The van der Waals surface area contributed by atoms with Crippen LogP contribution < -0.4 is 19.5 Å². The maximum absolute atomic E-state index is 12.5. The first-order valence-electron chi connectivity index (χ1n) is 8.38. The van der Waals surface area contributed by atoms with E-state index in [1.165, 1.54) is 64.5 Å². The van der Waals surface area contributed by atoms with Gasteiger partial charge < -0.3 is 14.4 Å². The first-order valence-corrected chi connectivity index (χ1v) is 9.86. The number of anilines is 1. The number of nitrogens with one attached hydrogen (secondary N) is 2. The molecule has 13 nitrogen and oxygen atoms in total. The van der Waals surface area contributed by atoms with Crippen LogP contribution in [-0.2, 0) is 10.0 Å². The molecule has 0 saturated heterocycles. The molecule has 0 radical (unpaired) electrons. The van der Waals surface area contributed by atoms with Crippen molar-refractivity contribution in [3.63, 3.8) is 0 Å². The fraction of sp³-hybridized carbons (Fsp3) is 0.294. The van der Waals surface area contributed by atoms with Gasteiger partial charge in [0, 0.05) is 27.2 Å². The molecule has 2 rings (SSSR count). The summed E-state index contributed by atoms with van der Waals surface area (Å²) in [6.45, 7) is 1.43. The van der Waals surface area contributed by atoms with Crippen LogP contribution in [0.3, 0.4) is 0 Å². The number of carbonyl (C=O) groups excluding carboxylic acids is 2. The lowest BCUT2D eigenvalue weighted by atomic mass is 10.2. The second-order valence-corrected chi connectivity index (χ2v) is 7.21. The minimum Gasteiger partial charge on any atom is -0.481 e. The minimum atomic E-state index is -4.46. The molecule has 0 fully saturated rings. The van der Waals surface area contributed by atoms with E-state index in [0.717, 1.165) is 0 Å². The molecule has 2 aromatic rings. The Morgan fingerprint density at radius 2 is 1.71 bits per heavy atom. The second kappa shape index (κ2) is 11.3. The largest absolute Gasteiger partial charge is 0.481 e. The van der Waals surface area contributed by atoms with Gasteiger partial charge in [0.25, 0.3) is 15.9 Å². The van der Waals surface area contributed by atoms with Gasteiger partial charge in [-0.2, -0.15) is 23.6 Å². The molecule has 0 saturated carbocycles. The maximum Gasteiger partial charge on any atom is 0.335 e. The monoisotopic (exact) mass is 451 g/mol. The van der Waals surface area contributed by atoms with E-state index in [0.29, 0.717) is 0 Å². The molecule has 14 heteroatoms. The average Bonchev–Trinajstić information content (AvgIpc) is 2.72. The van der Waals surface area contributed by atoms with Gasteiger partial charge in [-0.25, -0.2) is 14.5 Å². The fourth-order valence-electron chi connectivity index (χ4n) is 1.98. The van der Waals surface area contributed by atoms with E-state index in [1.54, 1.807) is 10.8 Å². The molecule has 0 bridgehead atoms. The van der Waals surface area contributed by atoms with Crippen molar-refractivity contribution < 1.29 is 27.5 Å². The summed E-state index contributed by atoms with van der Waals surface area (Å²) in [6.07, 6.45) is 1.19. The number of nitrogens with zero attached hydrogens (tertiary/aromatic N) is 5. The number of carbonyl (C=O) groups is 2. The second-order valence-electron chi connectivity index (χ2n) is 5.62. The SMILES string of the molecule is CC#N.COc1cc(OC)nc(NC(=O)NS(=O)(=O)c2ncccc2C(=O)N(C)C)n1. The molecule has 0 aliphatic carbocycles. The van der Waals surface area contributed by atoms with Crippen molar-refractivity contribution in [1.29, 1.82) is 5.26 Å². The lowest BCUT2D eigenvalue weighted by molar-refractivity contribution is 0.0823. The third kappa shape index (κ3) is 7.08. The standard InChI is InChI=1S/C15H18N6O6S.C2H3N/c1-21(2)13(22)9-6-5-7-16-12(9)28(24,25)20-15(23)19-14-17-10(26-3)8-11(18-14)27-4;1-2-3/h5-8H,1-4H3,(H2,17,18,19,20,23);1H3. The summed E-state index contributed by atoms with van der Waals surface area (Å²) in [7, 11) is 1.15. The van der Waals surface area contributed by atoms with E-state index >= 15 is 0 Å². The number of hydrogen-bond donors (Lipinski definition) is 2. The first kappa shape index (κ1) is 25.0. The maximum atomic E-state index is 12.5. The van der Waals surface area contributed by atoms with Crippen molar-refractivity contribution in [1.82, 2.24) is 24.6 Å². The number of hydrogen-bond acceptors (Lipinski definition) is 10. The van der Waals surface area contributed by atoms with Gasteiger partial charge in [-0.05, 0) is 12.1 Å². The van der Waals surface area contributed by atoms with Gasteiger partial charge in [0.1, 0.15) is 0 Å². The third-order valence-corrected chi connectivity index (χ3v) is 4.50. The first-order chi connectivity index (χ1) is 14.6. The molecule has 0 unspecified atom stereocenters. The van der Waals surface area contributed by atoms with Gasteiger partial charge >= 0.3 is 6.03 Å². The number of methoxy groups -OCH3 is 2. The Labute approximate surface area is 179 Å². The molecule has 3 amide bonds. The van der Waals surface area contributed by atoms with Crippen LogP contribution in [0.25, 0.3) is 0 Å². The van der Waals surface area contributed by atoms with E-state index in [2.05, 4.69) is 20.3 Å². The van der Waals surface area contributed by atoms with Crippen LogP contribution in [0, 0.1) is 11.3 Å². The molecule has 2 N–H and O–H groups in total. The molecular formula is C17H21N7O6S. The van der Waals surface area contributed by atoms with Crippen molar-refractivity contribution in [2.75, 3.05) is 33.6 Å². The number of amides is 3. The molecular weight excluding hydrogens is 430 g/mol. The van der Waals surface area contributed by atoms with E-state index in [-0.39, 0.29) is 23.3 Å². The molecule has 2 aromatic heterocycles. The van der Waals surface area contributed by atoms with Gasteiger partial charge in [-0.15, -0.1) is 0 Å². The van der Waals surface area contributed by atoms with Crippen molar-refractivity contribution in [3.05, 3.63) is 30.0 Å². The van der Waals surface area contributed by atoms with Crippen LogP contribution in [0.1, 0.15) is 17.3 Å². The summed E-state index contributed by atoms with van der Waals surface area (Å²) in [4.78, 5) is 36.9. The molecule has 2 heterocycles. The van der Waals surface area contributed by atoms with Crippen LogP contribution >= 0.6 is 0 Å². The zero-order valence-corrected chi connectivity index (χ0v) is 18.2. The highest BCUT2D eigenvalue weighted by Crippen LogP contribution is 2.18. The summed E-state index contributed by atoms with van der Waals surface area (Å²) >= 11 is 0. The quantitative estimate of drug-likeness (QED) is 0.633. The average molecular weight is 451 g/mol. The molecule has 166 valence electrons. The molecule has 0 aromatic carbocycles. The number of urea groups is 1. The topological polar surface area (TPSA) is 176 Å². The lowest BCUT2D eigenvalue weighted by Crippen LogP contribution is -2.36.